The molecule has 1 aliphatic rings. The summed E-state index contributed by atoms with van der Waals surface area (Å²) in [5.74, 6) is -0.139. The molecule has 0 saturated heterocycles. The Morgan fingerprint density at radius 2 is 1.68 bits per heavy atom. The number of aromatic nitrogens is 2. The summed E-state index contributed by atoms with van der Waals surface area (Å²) in [6, 6.07) is 23.4. The first-order chi connectivity index (χ1) is 15.2. The number of carbonyl (C=O) groups is 1. The highest BCUT2D eigenvalue weighted by molar-refractivity contribution is 5.95. The smallest absolute Gasteiger partial charge is 0.261 e. The van der Waals surface area contributed by atoms with Crippen molar-refractivity contribution in [3.05, 3.63) is 95.0 Å². The predicted molar refractivity (Wildman–Crippen MR) is 123 cm³/mol. The van der Waals surface area contributed by atoms with Gasteiger partial charge in [0.25, 0.3) is 5.56 Å². The Morgan fingerprint density at radius 1 is 0.935 bits per heavy atom. The molecule has 31 heavy (non-hydrogen) atoms. The van der Waals surface area contributed by atoms with Crippen LogP contribution in [0.4, 0.5) is 17.1 Å². The van der Waals surface area contributed by atoms with Gasteiger partial charge in [-0.25, -0.2) is 4.98 Å². The lowest BCUT2D eigenvalue weighted by molar-refractivity contribution is -0.116. The molecule has 154 valence electrons. The molecule has 2 heterocycles. The molecule has 1 aromatic heterocycles. The average Bonchev–Trinajstić information content (AvgIpc) is 3.23. The van der Waals surface area contributed by atoms with Gasteiger partial charge >= 0.3 is 0 Å². The molecule has 1 N–H and O–H groups in total. The zero-order chi connectivity index (χ0) is 21.2. The Morgan fingerprint density at radius 3 is 2.58 bits per heavy atom. The van der Waals surface area contributed by atoms with Crippen LogP contribution in [-0.4, -0.2) is 22.0 Å². The van der Waals surface area contributed by atoms with E-state index < -0.39 is 0 Å². The number of carbonyl (C=O) groups excluding carboxylic acids is 1. The third kappa shape index (κ3) is 3.68. The molecule has 6 nitrogen and oxygen atoms in total. The van der Waals surface area contributed by atoms with Crippen molar-refractivity contribution in [2.45, 2.75) is 19.4 Å². The molecular formula is C25H22N4O2. The molecule has 4 aromatic rings. The fraction of sp³-hybridized carbons (Fsp3) is 0.160. The molecule has 0 unspecified atom stereocenters. The van der Waals surface area contributed by atoms with Crippen molar-refractivity contribution < 1.29 is 4.79 Å². The van der Waals surface area contributed by atoms with Crippen LogP contribution in [0.15, 0.2) is 83.9 Å². The Kier molecular flexibility index (Phi) is 4.96. The van der Waals surface area contributed by atoms with Gasteiger partial charge in [-0.2, -0.15) is 0 Å². The fourth-order valence-corrected chi connectivity index (χ4v) is 4.10. The van der Waals surface area contributed by atoms with E-state index in [-0.39, 0.29) is 24.4 Å². The summed E-state index contributed by atoms with van der Waals surface area (Å²) in [6.45, 7) is 1.15. The van der Waals surface area contributed by atoms with E-state index in [0.29, 0.717) is 10.9 Å². The van der Waals surface area contributed by atoms with E-state index in [9.17, 15) is 9.59 Å². The van der Waals surface area contributed by atoms with Gasteiger partial charge in [0.2, 0.25) is 5.91 Å². The zero-order valence-electron chi connectivity index (χ0n) is 17.0. The number of nitrogens with one attached hydrogen (secondary N) is 1. The molecule has 1 amide bonds. The number of hydrogen-bond acceptors (Lipinski definition) is 4. The lowest BCUT2D eigenvalue weighted by Crippen LogP contribution is -2.24. The van der Waals surface area contributed by atoms with Crippen LogP contribution in [0.1, 0.15) is 12.0 Å². The minimum Gasteiger partial charge on any atom is -0.339 e. The molecule has 0 atom stereocenters. The van der Waals surface area contributed by atoms with Crippen LogP contribution in [0, 0.1) is 0 Å². The van der Waals surface area contributed by atoms with Crippen molar-refractivity contribution in [1.82, 2.24) is 9.55 Å². The largest absolute Gasteiger partial charge is 0.339 e. The van der Waals surface area contributed by atoms with E-state index in [2.05, 4.69) is 33.4 Å². The summed E-state index contributed by atoms with van der Waals surface area (Å²) >= 11 is 0. The van der Waals surface area contributed by atoms with E-state index in [1.165, 1.54) is 22.1 Å². The summed E-state index contributed by atoms with van der Waals surface area (Å²) in [7, 11) is 0. The first-order valence-electron chi connectivity index (χ1n) is 10.4. The fourth-order valence-electron chi connectivity index (χ4n) is 4.10. The maximum Gasteiger partial charge on any atom is 0.261 e. The van der Waals surface area contributed by atoms with Gasteiger partial charge in [0.15, 0.2) is 0 Å². The van der Waals surface area contributed by atoms with Gasteiger partial charge in [-0.15, -0.1) is 0 Å². The van der Waals surface area contributed by atoms with Crippen LogP contribution in [0.5, 0.6) is 0 Å². The normalized spacial score (nSPS) is 12.7. The lowest BCUT2D eigenvalue weighted by atomic mass is 10.1. The molecule has 0 saturated carbocycles. The number of nitrogens with zero attached hydrogens (tertiary/aromatic N) is 3. The van der Waals surface area contributed by atoms with Crippen LogP contribution < -0.4 is 15.8 Å². The summed E-state index contributed by atoms with van der Waals surface area (Å²) in [4.78, 5) is 31.9. The maximum atomic E-state index is 12.7. The average molecular weight is 410 g/mol. The number of amides is 1. The van der Waals surface area contributed by atoms with E-state index in [4.69, 9.17) is 0 Å². The van der Waals surface area contributed by atoms with Gasteiger partial charge in [0, 0.05) is 25.2 Å². The molecule has 0 aliphatic carbocycles. The van der Waals surface area contributed by atoms with Gasteiger partial charge < -0.3 is 10.2 Å². The minimum atomic E-state index is -0.139. The molecule has 3 aromatic carbocycles. The number of para-hydroxylation sites is 4. The number of hydrogen-bond donors (Lipinski definition) is 1. The third-order valence-electron chi connectivity index (χ3n) is 5.67. The molecule has 5 rings (SSSR count). The summed E-state index contributed by atoms with van der Waals surface area (Å²) in [5.41, 5.74) is 4.77. The third-order valence-corrected chi connectivity index (χ3v) is 5.67. The van der Waals surface area contributed by atoms with Crippen molar-refractivity contribution >= 4 is 33.9 Å². The Balaban J connectivity index is 1.32. The van der Waals surface area contributed by atoms with Gasteiger partial charge in [-0.1, -0.05) is 42.5 Å². The van der Waals surface area contributed by atoms with Crippen molar-refractivity contribution in [3.63, 3.8) is 0 Å². The molecular weight excluding hydrogens is 388 g/mol. The second-order valence-electron chi connectivity index (χ2n) is 7.61. The van der Waals surface area contributed by atoms with Gasteiger partial charge in [0.05, 0.1) is 28.6 Å². The molecule has 0 spiro atoms. The molecule has 0 fully saturated rings. The SMILES string of the molecule is O=C(CCn1cnc2ccccc2c1=O)Nc1ccccc1N1CCc2ccccc21. The Hall–Kier alpha value is -3.93. The number of fused-ring (bicyclic) bond motifs is 2. The van der Waals surface area contributed by atoms with Crippen molar-refractivity contribution in [2.75, 3.05) is 16.8 Å². The first-order valence-corrected chi connectivity index (χ1v) is 10.4. The van der Waals surface area contributed by atoms with Gasteiger partial charge in [0.1, 0.15) is 0 Å². The predicted octanol–water partition coefficient (Wildman–Crippen LogP) is 4.12. The van der Waals surface area contributed by atoms with E-state index in [0.717, 1.165) is 24.3 Å². The number of rotatable bonds is 5. The molecule has 6 heteroatoms. The highest BCUT2D eigenvalue weighted by atomic mass is 16.2. The Labute approximate surface area is 179 Å². The van der Waals surface area contributed by atoms with Gasteiger partial charge in [-0.3, -0.25) is 14.2 Å². The number of anilines is 3. The van der Waals surface area contributed by atoms with Crippen LogP contribution in [0.3, 0.4) is 0 Å². The van der Waals surface area contributed by atoms with Crippen LogP contribution in [0.25, 0.3) is 10.9 Å². The number of benzene rings is 3. The van der Waals surface area contributed by atoms with Crippen LogP contribution in [-0.2, 0) is 17.8 Å². The highest BCUT2D eigenvalue weighted by Gasteiger charge is 2.22. The maximum absolute atomic E-state index is 12.7. The molecule has 0 bridgehead atoms. The summed E-state index contributed by atoms with van der Waals surface area (Å²) in [5, 5.41) is 3.59. The zero-order valence-corrected chi connectivity index (χ0v) is 17.0. The van der Waals surface area contributed by atoms with Crippen molar-refractivity contribution in [2.24, 2.45) is 0 Å². The summed E-state index contributed by atoms with van der Waals surface area (Å²) in [6.07, 6.45) is 2.67. The van der Waals surface area contributed by atoms with Gasteiger partial charge in [-0.05, 0) is 42.3 Å². The van der Waals surface area contributed by atoms with Crippen molar-refractivity contribution in [1.29, 1.82) is 0 Å². The highest BCUT2D eigenvalue weighted by Crippen LogP contribution is 2.38. The standard InChI is InChI=1S/C25H22N4O2/c30-24(14-15-28-17-26-20-9-3-2-8-19(20)25(28)31)27-21-10-4-6-12-23(21)29-16-13-18-7-1-5-11-22(18)29/h1-12,17H,13-16H2,(H,27,30). The number of aryl methyl sites for hydroxylation is 1. The van der Waals surface area contributed by atoms with E-state index in [1.807, 2.05) is 42.5 Å². The lowest BCUT2D eigenvalue weighted by Gasteiger charge is -2.23. The van der Waals surface area contributed by atoms with E-state index in [1.54, 1.807) is 12.1 Å². The minimum absolute atomic E-state index is 0.132. The van der Waals surface area contributed by atoms with Crippen LogP contribution in [0.2, 0.25) is 0 Å². The molecule has 0 radical (unpaired) electrons. The first kappa shape index (κ1) is 19.1. The molecule has 1 aliphatic heterocycles. The van der Waals surface area contributed by atoms with Crippen LogP contribution >= 0.6 is 0 Å². The second-order valence-corrected chi connectivity index (χ2v) is 7.61. The van der Waals surface area contributed by atoms with E-state index >= 15 is 0 Å². The topological polar surface area (TPSA) is 67.2 Å². The second kappa shape index (κ2) is 8.07. The Bertz CT molecular complexity index is 1330. The quantitative estimate of drug-likeness (QED) is 0.537. The monoisotopic (exact) mass is 410 g/mol. The van der Waals surface area contributed by atoms with Crippen molar-refractivity contribution in [3.8, 4) is 0 Å². The summed E-state index contributed by atoms with van der Waals surface area (Å²) < 4.78 is 1.49.